The Kier molecular flexibility index (Phi) is 4.32. The van der Waals surface area contributed by atoms with Crippen LogP contribution in [-0.2, 0) is 14.6 Å². The molecule has 1 aliphatic rings. The van der Waals surface area contributed by atoms with E-state index in [4.69, 9.17) is 5.73 Å². The van der Waals surface area contributed by atoms with Crippen molar-refractivity contribution in [3.8, 4) is 0 Å². The topological polar surface area (TPSA) is 89.3 Å². The summed E-state index contributed by atoms with van der Waals surface area (Å²) in [6.07, 6.45) is 4.41. The van der Waals surface area contributed by atoms with Crippen LogP contribution in [0.1, 0.15) is 25.7 Å². The second-order valence-electron chi connectivity index (χ2n) is 4.58. The van der Waals surface area contributed by atoms with Gasteiger partial charge in [-0.05, 0) is 19.3 Å². The van der Waals surface area contributed by atoms with Crippen molar-refractivity contribution in [1.82, 2.24) is 5.32 Å². The lowest BCUT2D eigenvalue weighted by Gasteiger charge is -2.39. The Morgan fingerprint density at radius 2 is 2.06 bits per heavy atom. The van der Waals surface area contributed by atoms with Gasteiger partial charge in [0.25, 0.3) is 0 Å². The van der Waals surface area contributed by atoms with Crippen molar-refractivity contribution in [3.05, 3.63) is 0 Å². The summed E-state index contributed by atoms with van der Waals surface area (Å²) in [5.41, 5.74) is 5.22. The van der Waals surface area contributed by atoms with Gasteiger partial charge in [0, 0.05) is 19.3 Å². The smallest absolute Gasteiger partial charge is 0.227 e. The van der Waals surface area contributed by atoms with E-state index in [-0.39, 0.29) is 17.1 Å². The lowest BCUT2D eigenvalue weighted by Crippen LogP contribution is -2.50. The van der Waals surface area contributed by atoms with E-state index in [0.29, 0.717) is 19.5 Å². The number of nitrogens with one attached hydrogen (secondary N) is 1. The molecule has 0 spiro atoms. The number of hydrogen-bond donors (Lipinski definition) is 2. The van der Waals surface area contributed by atoms with Crippen molar-refractivity contribution in [1.29, 1.82) is 0 Å². The second-order valence-corrected chi connectivity index (χ2v) is 6.84. The molecule has 1 amide bonds. The van der Waals surface area contributed by atoms with E-state index in [1.165, 1.54) is 6.26 Å². The summed E-state index contributed by atoms with van der Waals surface area (Å²) < 4.78 is 21.7. The first-order chi connectivity index (χ1) is 7.40. The van der Waals surface area contributed by atoms with Gasteiger partial charge >= 0.3 is 0 Å². The maximum atomic E-state index is 11.8. The average Bonchev–Trinajstić information content (AvgIpc) is 2.10. The first-order valence-corrected chi connectivity index (χ1v) is 7.62. The highest BCUT2D eigenvalue weighted by Crippen LogP contribution is 2.39. The van der Waals surface area contributed by atoms with Crippen molar-refractivity contribution in [3.63, 3.8) is 0 Å². The standard InChI is InChI=1S/C10H20N2O3S/c1-16(14,15)7-3-6-12-9(13)10(8-11)4-2-5-10/h2-8,11H2,1H3,(H,12,13). The Labute approximate surface area is 96.7 Å². The van der Waals surface area contributed by atoms with E-state index in [2.05, 4.69) is 5.32 Å². The van der Waals surface area contributed by atoms with Crippen LogP contribution in [0.3, 0.4) is 0 Å². The quantitative estimate of drug-likeness (QED) is 0.630. The van der Waals surface area contributed by atoms with E-state index in [1.54, 1.807) is 0 Å². The minimum absolute atomic E-state index is 0.0187. The number of sulfone groups is 1. The van der Waals surface area contributed by atoms with Gasteiger partial charge in [-0.1, -0.05) is 6.42 Å². The Balaban J connectivity index is 2.25. The molecule has 16 heavy (non-hydrogen) atoms. The molecule has 6 heteroatoms. The molecule has 1 aliphatic carbocycles. The summed E-state index contributed by atoms with van der Waals surface area (Å²) in [5, 5.41) is 2.77. The van der Waals surface area contributed by atoms with Crippen LogP contribution in [-0.4, -0.2) is 39.4 Å². The lowest BCUT2D eigenvalue weighted by molar-refractivity contribution is -0.135. The predicted octanol–water partition coefficient (Wildman–Crippen LogP) is -0.334. The Morgan fingerprint density at radius 3 is 2.44 bits per heavy atom. The molecule has 1 rings (SSSR count). The third kappa shape index (κ3) is 3.45. The van der Waals surface area contributed by atoms with Gasteiger partial charge in [-0.15, -0.1) is 0 Å². The zero-order chi connectivity index (χ0) is 12.2. The van der Waals surface area contributed by atoms with Gasteiger partial charge in [-0.2, -0.15) is 0 Å². The fourth-order valence-corrected chi connectivity index (χ4v) is 2.52. The van der Waals surface area contributed by atoms with E-state index in [9.17, 15) is 13.2 Å². The summed E-state index contributed by atoms with van der Waals surface area (Å²) in [6, 6.07) is 0. The molecule has 0 atom stereocenters. The van der Waals surface area contributed by atoms with Crippen molar-refractivity contribution >= 4 is 15.7 Å². The van der Waals surface area contributed by atoms with Crippen LogP contribution in [0, 0.1) is 5.41 Å². The molecule has 0 unspecified atom stereocenters. The van der Waals surface area contributed by atoms with E-state index in [0.717, 1.165) is 19.3 Å². The van der Waals surface area contributed by atoms with Gasteiger partial charge in [0.15, 0.2) is 0 Å². The molecule has 0 heterocycles. The highest BCUT2D eigenvalue weighted by molar-refractivity contribution is 7.90. The molecule has 0 radical (unpaired) electrons. The molecule has 0 aliphatic heterocycles. The number of hydrogen-bond acceptors (Lipinski definition) is 4. The van der Waals surface area contributed by atoms with E-state index < -0.39 is 9.84 Å². The van der Waals surface area contributed by atoms with E-state index in [1.807, 2.05) is 0 Å². The molecule has 0 aromatic heterocycles. The molecule has 0 saturated heterocycles. The summed E-state index contributed by atoms with van der Waals surface area (Å²) in [7, 11) is -2.93. The zero-order valence-corrected chi connectivity index (χ0v) is 10.5. The van der Waals surface area contributed by atoms with Crippen LogP contribution in [0.4, 0.5) is 0 Å². The van der Waals surface area contributed by atoms with Gasteiger partial charge in [0.1, 0.15) is 9.84 Å². The molecule has 3 N–H and O–H groups in total. The van der Waals surface area contributed by atoms with Gasteiger partial charge in [-0.3, -0.25) is 4.79 Å². The van der Waals surface area contributed by atoms with Crippen LogP contribution in [0.15, 0.2) is 0 Å². The van der Waals surface area contributed by atoms with Gasteiger partial charge in [-0.25, -0.2) is 8.42 Å². The molecule has 1 fully saturated rings. The van der Waals surface area contributed by atoms with Crippen LogP contribution in [0.5, 0.6) is 0 Å². The number of amides is 1. The highest BCUT2D eigenvalue weighted by Gasteiger charge is 2.42. The summed E-state index contributed by atoms with van der Waals surface area (Å²) in [4.78, 5) is 11.8. The predicted molar refractivity (Wildman–Crippen MR) is 62.7 cm³/mol. The normalized spacial score (nSPS) is 18.9. The Bertz CT molecular complexity index is 342. The van der Waals surface area contributed by atoms with Crippen LogP contribution >= 0.6 is 0 Å². The van der Waals surface area contributed by atoms with Gasteiger partial charge in [0.05, 0.1) is 11.2 Å². The van der Waals surface area contributed by atoms with Gasteiger partial charge < -0.3 is 11.1 Å². The molecule has 0 aromatic carbocycles. The first-order valence-electron chi connectivity index (χ1n) is 5.56. The van der Waals surface area contributed by atoms with Crippen molar-refractivity contribution in [2.45, 2.75) is 25.7 Å². The minimum atomic E-state index is -2.93. The SMILES string of the molecule is CS(=O)(=O)CCCNC(=O)C1(CN)CCC1. The average molecular weight is 248 g/mol. The number of carbonyl (C=O) groups excluding carboxylic acids is 1. The maximum Gasteiger partial charge on any atom is 0.227 e. The zero-order valence-electron chi connectivity index (χ0n) is 9.66. The Morgan fingerprint density at radius 1 is 1.44 bits per heavy atom. The molecule has 5 nitrogen and oxygen atoms in total. The fourth-order valence-electron chi connectivity index (χ4n) is 1.85. The van der Waals surface area contributed by atoms with E-state index >= 15 is 0 Å². The van der Waals surface area contributed by atoms with Crippen molar-refractivity contribution < 1.29 is 13.2 Å². The third-order valence-electron chi connectivity index (χ3n) is 3.16. The lowest BCUT2D eigenvalue weighted by atomic mass is 9.68. The largest absolute Gasteiger partial charge is 0.356 e. The summed E-state index contributed by atoms with van der Waals surface area (Å²) in [5.74, 6) is 0.0952. The molecule has 1 saturated carbocycles. The third-order valence-corrected chi connectivity index (χ3v) is 4.19. The van der Waals surface area contributed by atoms with Crippen LogP contribution in [0.25, 0.3) is 0 Å². The van der Waals surface area contributed by atoms with Gasteiger partial charge in [0.2, 0.25) is 5.91 Å². The second kappa shape index (κ2) is 5.14. The first kappa shape index (κ1) is 13.4. The summed E-state index contributed by atoms with van der Waals surface area (Å²) in [6.45, 7) is 0.790. The number of rotatable bonds is 6. The molecule has 0 aromatic rings. The summed E-state index contributed by atoms with van der Waals surface area (Å²) >= 11 is 0. The molecular formula is C10H20N2O3S. The highest BCUT2D eigenvalue weighted by atomic mass is 32.2. The number of carbonyl (C=O) groups is 1. The molecular weight excluding hydrogens is 228 g/mol. The molecule has 94 valence electrons. The van der Waals surface area contributed by atoms with Crippen molar-refractivity contribution in [2.75, 3.05) is 25.1 Å². The van der Waals surface area contributed by atoms with Crippen molar-refractivity contribution in [2.24, 2.45) is 11.1 Å². The fraction of sp³-hybridized carbons (Fsp3) is 0.900. The van der Waals surface area contributed by atoms with Crippen LogP contribution in [0.2, 0.25) is 0 Å². The number of nitrogens with two attached hydrogens (primary N) is 1. The maximum absolute atomic E-state index is 11.8. The Hall–Kier alpha value is -0.620. The van der Waals surface area contributed by atoms with Crippen LogP contribution < -0.4 is 11.1 Å². The molecule has 0 bridgehead atoms. The monoisotopic (exact) mass is 248 g/mol. The minimum Gasteiger partial charge on any atom is -0.356 e.